The molecule has 7 heavy (non-hydrogen) atoms. The molecular formula is C3H8ClPS2. The minimum atomic E-state index is -1.31. The Morgan fingerprint density at radius 3 is 2.29 bits per heavy atom. The molecule has 0 amide bonds. The quantitative estimate of drug-likeness (QED) is 0.351. The van der Waals surface area contributed by atoms with Gasteiger partial charge in [0.1, 0.15) is 0 Å². The first-order chi connectivity index (χ1) is 3.06. The van der Waals surface area contributed by atoms with Crippen LogP contribution in [0.25, 0.3) is 0 Å². The van der Waals surface area contributed by atoms with Crippen molar-refractivity contribution in [3.05, 3.63) is 0 Å². The summed E-state index contributed by atoms with van der Waals surface area (Å²) in [7, 11) is 8.38. The molecule has 44 valence electrons. The fourth-order valence-corrected chi connectivity index (χ4v) is 2.34. The fourth-order valence-electron chi connectivity index (χ4n) is 0.260. The van der Waals surface area contributed by atoms with Crippen LogP contribution in [0, 0.1) is 0 Å². The van der Waals surface area contributed by atoms with Gasteiger partial charge in [0.05, 0.1) is 0 Å². The van der Waals surface area contributed by atoms with E-state index in [9.17, 15) is 0 Å². The predicted molar refractivity (Wildman–Crippen MR) is 44.5 cm³/mol. The van der Waals surface area contributed by atoms with Crippen LogP contribution in [0.1, 0.15) is 13.3 Å². The van der Waals surface area contributed by atoms with E-state index < -0.39 is 7.25 Å². The van der Waals surface area contributed by atoms with Gasteiger partial charge in [-0.15, -0.1) is 0 Å². The third-order valence-electron chi connectivity index (χ3n) is 0.464. The molecule has 0 saturated carbocycles. The van der Waals surface area contributed by atoms with Crippen molar-refractivity contribution in [3.63, 3.8) is 0 Å². The zero-order chi connectivity index (χ0) is 5.91. The van der Waals surface area contributed by atoms with Crippen molar-refractivity contribution in [2.75, 3.05) is 5.75 Å². The van der Waals surface area contributed by atoms with Crippen molar-refractivity contribution in [2.24, 2.45) is 0 Å². The SMILES string of the molecule is CCCS(#P)(S)Cl. The van der Waals surface area contributed by atoms with Gasteiger partial charge in [-0.3, -0.25) is 0 Å². The van der Waals surface area contributed by atoms with Crippen LogP contribution in [0.4, 0.5) is 0 Å². The van der Waals surface area contributed by atoms with Gasteiger partial charge in [-0.25, -0.2) is 0 Å². The van der Waals surface area contributed by atoms with E-state index in [4.69, 9.17) is 10.7 Å². The molecule has 0 aliphatic rings. The summed E-state index contributed by atoms with van der Waals surface area (Å²) in [5.41, 5.74) is 0. The van der Waals surface area contributed by atoms with Crippen LogP contribution in [0.5, 0.6) is 0 Å². The van der Waals surface area contributed by atoms with E-state index in [1.165, 1.54) is 0 Å². The third kappa shape index (κ3) is 7.42. The second kappa shape index (κ2) is 3.45. The molecule has 0 nitrogen and oxygen atoms in total. The van der Waals surface area contributed by atoms with Crippen molar-refractivity contribution < 1.29 is 0 Å². The summed E-state index contributed by atoms with van der Waals surface area (Å²) in [5, 5.41) is 0. The molecule has 0 aromatic rings. The van der Waals surface area contributed by atoms with Gasteiger partial charge >= 0.3 is 56.5 Å². The molecule has 0 aliphatic heterocycles. The van der Waals surface area contributed by atoms with Crippen molar-refractivity contribution in [2.45, 2.75) is 13.3 Å². The van der Waals surface area contributed by atoms with Gasteiger partial charge in [0, 0.05) is 0 Å². The topological polar surface area (TPSA) is 0 Å². The number of thiol groups is 1. The zero-order valence-corrected chi connectivity index (χ0v) is 7.46. The Morgan fingerprint density at radius 1 is 1.86 bits per heavy atom. The van der Waals surface area contributed by atoms with Gasteiger partial charge in [-0.2, -0.15) is 0 Å². The molecule has 0 rings (SSSR count). The van der Waals surface area contributed by atoms with Gasteiger partial charge in [-0.05, 0) is 0 Å². The molecule has 0 aliphatic carbocycles. The first kappa shape index (κ1) is 8.42. The van der Waals surface area contributed by atoms with Crippen molar-refractivity contribution >= 4 is 37.4 Å². The van der Waals surface area contributed by atoms with E-state index in [-0.39, 0.29) is 0 Å². The molecule has 0 radical (unpaired) electrons. The normalized spacial score (nSPS) is 18.6. The Morgan fingerprint density at radius 2 is 2.29 bits per heavy atom. The zero-order valence-electron chi connectivity index (χ0n) is 4.09. The molecule has 0 bridgehead atoms. The van der Waals surface area contributed by atoms with Crippen molar-refractivity contribution in [3.8, 4) is 0 Å². The predicted octanol–water partition coefficient (Wildman–Crippen LogP) is 3.53. The summed E-state index contributed by atoms with van der Waals surface area (Å²) < 4.78 is 0. The van der Waals surface area contributed by atoms with Gasteiger partial charge < -0.3 is 0 Å². The molecule has 0 aromatic heterocycles. The second-order valence-corrected chi connectivity index (χ2v) is 10.3. The van der Waals surface area contributed by atoms with E-state index in [1.54, 1.807) is 0 Å². The molecule has 0 N–H and O–H groups in total. The summed E-state index contributed by atoms with van der Waals surface area (Å²) in [4.78, 5) is 0. The van der Waals surface area contributed by atoms with Crippen LogP contribution in [0.15, 0.2) is 0 Å². The van der Waals surface area contributed by atoms with E-state index in [0.29, 0.717) is 0 Å². The second-order valence-electron chi connectivity index (χ2n) is 1.29. The van der Waals surface area contributed by atoms with Crippen LogP contribution < -0.4 is 0 Å². The Balaban J connectivity index is 3.45. The molecule has 1 atom stereocenters. The maximum absolute atomic E-state index is 5.65. The van der Waals surface area contributed by atoms with E-state index in [1.807, 2.05) is 0 Å². The summed E-state index contributed by atoms with van der Waals surface area (Å²) >= 11 is 4.05. The Hall–Kier alpha value is 1.42. The van der Waals surface area contributed by atoms with Crippen LogP contribution in [-0.2, 0) is 0 Å². The third-order valence-corrected chi connectivity index (χ3v) is 2.95. The molecule has 0 saturated heterocycles. The minimum absolute atomic E-state index is 0.917. The average molecular weight is 175 g/mol. The number of hydrogen-bond acceptors (Lipinski definition) is 1. The van der Waals surface area contributed by atoms with E-state index in [0.717, 1.165) is 12.2 Å². The summed E-state index contributed by atoms with van der Waals surface area (Å²) in [6.07, 6.45) is 1.06. The molecule has 0 aromatic carbocycles. The van der Waals surface area contributed by atoms with Crippen LogP contribution >= 0.6 is 37.4 Å². The maximum atomic E-state index is 5.65. The Kier molecular flexibility index (Phi) is 4.15. The Labute approximate surface area is 56.7 Å². The summed E-state index contributed by atoms with van der Waals surface area (Å²) in [6.45, 7) is 2.07. The van der Waals surface area contributed by atoms with Crippen molar-refractivity contribution in [1.29, 1.82) is 0 Å². The summed E-state index contributed by atoms with van der Waals surface area (Å²) in [6, 6.07) is 0. The Bertz CT molecular complexity index is 125. The molecule has 0 fully saturated rings. The monoisotopic (exact) mass is 174 g/mol. The fraction of sp³-hybridized carbons (Fsp3) is 1.00. The summed E-state index contributed by atoms with van der Waals surface area (Å²) in [5.74, 6) is 0.917. The average Bonchev–Trinajstić information content (AvgIpc) is 1.30. The van der Waals surface area contributed by atoms with E-state index >= 15 is 0 Å². The number of halogens is 1. The first-order valence-corrected chi connectivity index (χ1v) is 6.75. The molecule has 4 heteroatoms. The standard InChI is InChI=1S/C3H8ClPS2/c1-2-3-7(4,5)6/h6H,2-3H2,1H3. The van der Waals surface area contributed by atoms with Gasteiger partial charge in [0.15, 0.2) is 0 Å². The van der Waals surface area contributed by atoms with Crippen LogP contribution in [0.2, 0.25) is 0 Å². The number of hydrogen-bond donors (Lipinski definition) is 1. The van der Waals surface area contributed by atoms with Gasteiger partial charge in [-0.1, -0.05) is 0 Å². The molecule has 0 spiro atoms. The van der Waals surface area contributed by atoms with Gasteiger partial charge in [0.2, 0.25) is 0 Å². The van der Waals surface area contributed by atoms with Crippen molar-refractivity contribution in [1.82, 2.24) is 0 Å². The first-order valence-electron chi connectivity index (χ1n) is 2.02. The van der Waals surface area contributed by atoms with Crippen LogP contribution in [0.3, 0.4) is 0 Å². The molecular weight excluding hydrogens is 167 g/mol. The molecule has 1 unspecified atom stereocenters. The molecule has 0 heterocycles. The number of rotatable bonds is 1. The van der Waals surface area contributed by atoms with Crippen LogP contribution in [-0.4, -0.2) is 5.75 Å². The van der Waals surface area contributed by atoms with Gasteiger partial charge in [0.25, 0.3) is 0 Å². The van der Waals surface area contributed by atoms with E-state index in [2.05, 4.69) is 26.4 Å².